The van der Waals surface area contributed by atoms with E-state index in [2.05, 4.69) is 21.1 Å². The van der Waals surface area contributed by atoms with Gasteiger partial charge in [-0.05, 0) is 12.1 Å². The van der Waals surface area contributed by atoms with Crippen molar-refractivity contribution in [2.75, 3.05) is 18.5 Å². The van der Waals surface area contributed by atoms with Crippen LogP contribution in [0.1, 0.15) is 5.69 Å². The van der Waals surface area contributed by atoms with Crippen molar-refractivity contribution in [2.24, 2.45) is 0 Å². The lowest BCUT2D eigenvalue weighted by Gasteiger charge is -2.17. The SMILES string of the molecule is BrCCc1noc2c3c(ccc12)OCCO3. The summed E-state index contributed by atoms with van der Waals surface area (Å²) in [7, 11) is 0. The van der Waals surface area contributed by atoms with E-state index < -0.39 is 0 Å². The van der Waals surface area contributed by atoms with E-state index in [9.17, 15) is 0 Å². The number of halogens is 1. The maximum Gasteiger partial charge on any atom is 0.212 e. The standard InChI is InChI=1S/C11H10BrNO3/c12-4-3-8-7-1-2-9-11(10(7)16-13-8)15-6-5-14-9/h1-2H,3-6H2. The van der Waals surface area contributed by atoms with Crippen molar-refractivity contribution in [2.45, 2.75) is 6.42 Å². The predicted molar refractivity (Wildman–Crippen MR) is 62.5 cm³/mol. The van der Waals surface area contributed by atoms with Crippen LogP contribution < -0.4 is 9.47 Å². The quantitative estimate of drug-likeness (QED) is 0.795. The molecule has 84 valence electrons. The number of hydrogen-bond donors (Lipinski definition) is 0. The molecule has 0 radical (unpaired) electrons. The Labute approximate surface area is 101 Å². The Balaban J connectivity index is 2.17. The van der Waals surface area contributed by atoms with E-state index in [1.807, 2.05) is 12.1 Å². The highest BCUT2D eigenvalue weighted by molar-refractivity contribution is 9.09. The smallest absolute Gasteiger partial charge is 0.212 e. The molecule has 2 aromatic rings. The monoisotopic (exact) mass is 283 g/mol. The maximum absolute atomic E-state index is 5.56. The van der Waals surface area contributed by atoms with Crippen LogP contribution in [0.2, 0.25) is 0 Å². The maximum atomic E-state index is 5.56. The van der Waals surface area contributed by atoms with E-state index in [4.69, 9.17) is 14.0 Å². The summed E-state index contributed by atoms with van der Waals surface area (Å²) in [6, 6.07) is 3.88. The summed E-state index contributed by atoms with van der Waals surface area (Å²) in [4.78, 5) is 0. The molecule has 0 aliphatic carbocycles. The topological polar surface area (TPSA) is 44.5 Å². The molecule has 3 rings (SSSR count). The average Bonchev–Trinajstić information content (AvgIpc) is 2.73. The van der Waals surface area contributed by atoms with E-state index in [1.165, 1.54) is 0 Å². The van der Waals surface area contributed by atoms with Gasteiger partial charge in [-0.15, -0.1) is 0 Å². The number of rotatable bonds is 2. The second-order valence-corrected chi connectivity index (χ2v) is 4.33. The van der Waals surface area contributed by atoms with Gasteiger partial charge in [0.15, 0.2) is 5.75 Å². The molecule has 1 aromatic carbocycles. The van der Waals surface area contributed by atoms with Crippen molar-refractivity contribution in [3.63, 3.8) is 0 Å². The fraction of sp³-hybridized carbons (Fsp3) is 0.364. The molecule has 0 N–H and O–H groups in total. The first kappa shape index (κ1) is 9.96. The van der Waals surface area contributed by atoms with E-state index in [0.717, 1.165) is 28.6 Å². The van der Waals surface area contributed by atoms with Crippen LogP contribution >= 0.6 is 15.9 Å². The summed E-state index contributed by atoms with van der Waals surface area (Å²) in [5, 5.41) is 5.92. The third-order valence-corrected chi connectivity index (χ3v) is 2.95. The lowest BCUT2D eigenvalue weighted by Crippen LogP contribution is -2.15. The Morgan fingerprint density at radius 2 is 2.12 bits per heavy atom. The summed E-state index contributed by atoms with van der Waals surface area (Å²) >= 11 is 3.39. The lowest BCUT2D eigenvalue weighted by atomic mass is 10.1. The van der Waals surface area contributed by atoms with Gasteiger partial charge in [0.05, 0.1) is 5.69 Å². The second-order valence-electron chi connectivity index (χ2n) is 3.53. The van der Waals surface area contributed by atoms with Crippen molar-refractivity contribution >= 4 is 26.9 Å². The van der Waals surface area contributed by atoms with Crippen LogP contribution in [0.3, 0.4) is 0 Å². The van der Waals surface area contributed by atoms with Crippen molar-refractivity contribution in [3.05, 3.63) is 17.8 Å². The molecule has 1 aliphatic rings. The third kappa shape index (κ3) is 1.46. The molecular formula is C11H10BrNO3. The third-order valence-electron chi connectivity index (χ3n) is 2.55. The fourth-order valence-corrected chi connectivity index (χ4v) is 2.20. The Hall–Kier alpha value is -1.23. The number of fused-ring (bicyclic) bond motifs is 3. The zero-order valence-corrected chi connectivity index (χ0v) is 10.1. The molecule has 0 unspecified atom stereocenters. The van der Waals surface area contributed by atoms with Crippen LogP contribution in [0, 0.1) is 0 Å². The van der Waals surface area contributed by atoms with Gasteiger partial charge in [-0.25, -0.2) is 0 Å². The van der Waals surface area contributed by atoms with Gasteiger partial charge in [-0.3, -0.25) is 0 Å². The minimum Gasteiger partial charge on any atom is -0.486 e. The zero-order chi connectivity index (χ0) is 11.0. The van der Waals surface area contributed by atoms with Crippen LogP contribution in [-0.4, -0.2) is 23.7 Å². The first-order valence-corrected chi connectivity index (χ1v) is 6.25. The van der Waals surface area contributed by atoms with Gasteiger partial charge in [-0.2, -0.15) is 0 Å². The molecular weight excluding hydrogens is 274 g/mol. The summed E-state index contributed by atoms with van der Waals surface area (Å²) in [5.41, 5.74) is 1.64. The van der Waals surface area contributed by atoms with Gasteiger partial charge in [0.2, 0.25) is 11.3 Å². The molecule has 1 aromatic heterocycles. The van der Waals surface area contributed by atoms with Crippen LogP contribution in [0.25, 0.3) is 11.0 Å². The van der Waals surface area contributed by atoms with Crippen molar-refractivity contribution in [3.8, 4) is 11.5 Å². The Kier molecular flexibility index (Phi) is 2.47. The van der Waals surface area contributed by atoms with Crippen molar-refractivity contribution < 1.29 is 14.0 Å². The van der Waals surface area contributed by atoms with Gasteiger partial charge < -0.3 is 14.0 Å². The average molecular weight is 284 g/mol. The summed E-state index contributed by atoms with van der Waals surface area (Å²) in [6.45, 7) is 1.14. The molecule has 5 heteroatoms. The van der Waals surface area contributed by atoms with Crippen LogP contribution in [0.4, 0.5) is 0 Å². The van der Waals surface area contributed by atoms with Gasteiger partial charge in [0, 0.05) is 17.1 Å². The Bertz CT molecular complexity index is 523. The lowest BCUT2D eigenvalue weighted by molar-refractivity contribution is 0.171. The molecule has 4 nitrogen and oxygen atoms in total. The number of alkyl halides is 1. The summed E-state index contributed by atoms with van der Waals surface area (Å²) < 4.78 is 16.4. The van der Waals surface area contributed by atoms with Gasteiger partial charge >= 0.3 is 0 Å². The fourth-order valence-electron chi connectivity index (χ4n) is 1.83. The largest absolute Gasteiger partial charge is 0.486 e. The first-order chi connectivity index (χ1) is 7.90. The summed E-state index contributed by atoms with van der Waals surface area (Å²) in [6.07, 6.45) is 0.840. The van der Waals surface area contributed by atoms with Crippen LogP contribution in [0.15, 0.2) is 16.7 Å². The molecule has 0 spiro atoms. The van der Waals surface area contributed by atoms with E-state index in [-0.39, 0.29) is 0 Å². The number of ether oxygens (including phenoxy) is 2. The van der Waals surface area contributed by atoms with E-state index in [0.29, 0.717) is 24.5 Å². The van der Waals surface area contributed by atoms with Gasteiger partial charge in [-0.1, -0.05) is 21.1 Å². The molecule has 0 saturated carbocycles. The molecule has 2 heterocycles. The highest BCUT2D eigenvalue weighted by atomic mass is 79.9. The zero-order valence-electron chi connectivity index (χ0n) is 8.53. The molecule has 16 heavy (non-hydrogen) atoms. The van der Waals surface area contributed by atoms with E-state index in [1.54, 1.807) is 0 Å². The van der Waals surface area contributed by atoms with Crippen LogP contribution in [-0.2, 0) is 6.42 Å². The predicted octanol–water partition coefficient (Wildman–Crippen LogP) is 2.54. The molecule has 0 saturated heterocycles. The van der Waals surface area contributed by atoms with Gasteiger partial charge in [0.1, 0.15) is 13.2 Å². The number of aromatic nitrogens is 1. The molecule has 0 amide bonds. The number of aryl methyl sites for hydroxylation is 1. The first-order valence-electron chi connectivity index (χ1n) is 5.13. The van der Waals surface area contributed by atoms with E-state index >= 15 is 0 Å². The number of hydrogen-bond acceptors (Lipinski definition) is 4. The Morgan fingerprint density at radius 3 is 3.00 bits per heavy atom. The minimum atomic E-state index is 0.556. The minimum absolute atomic E-state index is 0.556. The molecule has 0 atom stereocenters. The number of nitrogens with zero attached hydrogens (tertiary/aromatic N) is 1. The highest BCUT2D eigenvalue weighted by Gasteiger charge is 2.20. The highest BCUT2D eigenvalue weighted by Crippen LogP contribution is 2.38. The second kappa shape index (κ2) is 3.97. The molecule has 1 aliphatic heterocycles. The number of benzene rings is 1. The normalized spacial score (nSPS) is 14.3. The molecule has 0 fully saturated rings. The van der Waals surface area contributed by atoms with Crippen LogP contribution in [0.5, 0.6) is 11.5 Å². The van der Waals surface area contributed by atoms with Crippen molar-refractivity contribution in [1.29, 1.82) is 0 Å². The van der Waals surface area contributed by atoms with Gasteiger partial charge in [0.25, 0.3) is 0 Å². The Morgan fingerprint density at radius 1 is 1.25 bits per heavy atom. The summed E-state index contributed by atoms with van der Waals surface area (Å²) in [5.74, 6) is 1.41. The van der Waals surface area contributed by atoms with Crippen molar-refractivity contribution in [1.82, 2.24) is 5.16 Å². The molecule has 0 bridgehead atoms.